The number of amides is 3. The Bertz CT molecular complexity index is 1180. The molecule has 0 N–H and O–H groups in total. The van der Waals surface area contributed by atoms with Gasteiger partial charge in [0.2, 0.25) is 5.91 Å². The quantitative estimate of drug-likeness (QED) is 0.283. The number of nitrogens with zero attached hydrogens (tertiary/aromatic N) is 2. The second-order valence-electron chi connectivity index (χ2n) is 6.94. The lowest BCUT2D eigenvalue weighted by molar-refractivity contribution is -0.137. The molecular formula is C21H12F4N2O3S2. The Morgan fingerprint density at radius 1 is 1.06 bits per heavy atom. The molecule has 32 heavy (non-hydrogen) atoms. The number of benzene rings is 2. The van der Waals surface area contributed by atoms with E-state index in [1.54, 1.807) is 0 Å². The van der Waals surface area contributed by atoms with Crippen LogP contribution in [-0.4, -0.2) is 33.0 Å². The molecule has 2 aliphatic rings. The van der Waals surface area contributed by atoms with Gasteiger partial charge in [0.25, 0.3) is 11.8 Å². The largest absolute Gasteiger partial charge is 0.416 e. The summed E-state index contributed by atoms with van der Waals surface area (Å²) < 4.78 is 52.2. The van der Waals surface area contributed by atoms with Crippen molar-refractivity contribution in [1.29, 1.82) is 0 Å². The summed E-state index contributed by atoms with van der Waals surface area (Å²) in [4.78, 5) is 40.2. The van der Waals surface area contributed by atoms with Crippen LogP contribution in [0.3, 0.4) is 0 Å². The number of hydrogen-bond acceptors (Lipinski definition) is 5. The van der Waals surface area contributed by atoms with Gasteiger partial charge in [-0.25, -0.2) is 9.29 Å². The Kier molecular flexibility index (Phi) is 5.63. The fraction of sp³-hybridized carbons (Fsp3) is 0.143. The molecule has 2 heterocycles. The van der Waals surface area contributed by atoms with Crippen molar-refractivity contribution in [3.63, 3.8) is 0 Å². The Hall–Kier alpha value is -3.05. The van der Waals surface area contributed by atoms with E-state index in [9.17, 15) is 31.9 Å². The third kappa shape index (κ3) is 4.05. The smallest absolute Gasteiger partial charge is 0.280 e. The number of alkyl halides is 3. The molecule has 0 radical (unpaired) electrons. The Morgan fingerprint density at radius 3 is 2.41 bits per heavy atom. The molecule has 0 spiro atoms. The maximum atomic E-state index is 13.1. The highest BCUT2D eigenvalue weighted by atomic mass is 32.2. The highest BCUT2D eigenvalue weighted by Crippen LogP contribution is 2.38. The summed E-state index contributed by atoms with van der Waals surface area (Å²) in [5, 5.41) is 0. The monoisotopic (exact) mass is 480 g/mol. The zero-order valence-corrected chi connectivity index (χ0v) is 17.6. The molecule has 2 aromatic carbocycles. The number of hydrogen-bond donors (Lipinski definition) is 0. The highest BCUT2D eigenvalue weighted by Gasteiger charge is 2.49. The molecule has 11 heteroatoms. The van der Waals surface area contributed by atoms with Gasteiger partial charge in [-0.2, -0.15) is 13.2 Å². The lowest BCUT2D eigenvalue weighted by Gasteiger charge is -2.21. The first-order valence-electron chi connectivity index (χ1n) is 9.13. The molecule has 5 nitrogen and oxygen atoms in total. The van der Waals surface area contributed by atoms with Crippen LogP contribution < -0.4 is 4.90 Å². The molecule has 2 saturated heterocycles. The van der Waals surface area contributed by atoms with Crippen molar-refractivity contribution in [1.82, 2.24) is 4.90 Å². The van der Waals surface area contributed by atoms with E-state index in [0.29, 0.717) is 16.5 Å². The zero-order chi connectivity index (χ0) is 23.2. The second-order valence-corrected chi connectivity index (χ2v) is 8.61. The number of anilines is 1. The summed E-state index contributed by atoms with van der Waals surface area (Å²) in [6, 6.07) is 7.94. The standard InChI is InChI=1S/C21H12F4N2O3S2/c22-13-6-4-11(5-7-13)8-16-19(30)27(20(31)32-16)15-10-17(28)26(18(15)29)14-3-1-2-12(9-14)21(23,24)25/h1-9,15H,10H2. The molecule has 2 aliphatic heterocycles. The first-order chi connectivity index (χ1) is 15.1. The van der Waals surface area contributed by atoms with Gasteiger partial charge in [0, 0.05) is 0 Å². The van der Waals surface area contributed by atoms with Crippen molar-refractivity contribution in [2.24, 2.45) is 0 Å². The van der Waals surface area contributed by atoms with Crippen molar-refractivity contribution in [2.45, 2.75) is 18.6 Å². The Labute approximate surface area is 188 Å². The van der Waals surface area contributed by atoms with Crippen LogP contribution >= 0.6 is 24.0 Å². The predicted octanol–water partition coefficient (Wildman–Crippen LogP) is 4.38. The maximum Gasteiger partial charge on any atom is 0.416 e. The summed E-state index contributed by atoms with van der Waals surface area (Å²) in [7, 11) is 0. The van der Waals surface area contributed by atoms with Crippen LogP contribution in [-0.2, 0) is 20.6 Å². The van der Waals surface area contributed by atoms with E-state index in [1.165, 1.54) is 36.4 Å². The summed E-state index contributed by atoms with van der Waals surface area (Å²) in [6.07, 6.45) is -3.58. The molecule has 1 atom stereocenters. The molecule has 2 fully saturated rings. The Morgan fingerprint density at radius 2 is 1.75 bits per heavy atom. The van der Waals surface area contributed by atoms with Crippen LogP contribution in [0.4, 0.5) is 23.2 Å². The van der Waals surface area contributed by atoms with Crippen molar-refractivity contribution in [3.8, 4) is 0 Å². The maximum absolute atomic E-state index is 13.1. The van der Waals surface area contributed by atoms with Gasteiger partial charge >= 0.3 is 6.18 Å². The number of halogens is 4. The number of thiocarbonyl (C=S) groups is 1. The average Bonchev–Trinajstić information content (AvgIpc) is 3.17. The normalized spacial score (nSPS) is 20.8. The second kappa shape index (κ2) is 8.14. The van der Waals surface area contributed by atoms with Gasteiger partial charge in [0.05, 0.1) is 22.6 Å². The zero-order valence-electron chi connectivity index (χ0n) is 15.9. The Balaban J connectivity index is 1.60. The van der Waals surface area contributed by atoms with Gasteiger partial charge in [-0.05, 0) is 42.0 Å². The highest BCUT2D eigenvalue weighted by molar-refractivity contribution is 8.26. The van der Waals surface area contributed by atoms with E-state index >= 15 is 0 Å². The summed E-state index contributed by atoms with van der Waals surface area (Å²) in [6.45, 7) is 0. The van der Waals surface area contributed by atoms with Crippen molar-refractivity contribution in [2.75, 3.05) is 4.90 Å². The van der Waals surface area contributed by atoms with Crippen LogP contribution in [0, 0.1) is 5.82 Å². The van der Waals surface area contributed by atoms with E-state index in [1.807, 2.05) is 0 Å². The number of thioether (sulfide) groups is 1. The van der Waals surface area contributed by atoms with Crippen LogP contribution in [0.1, 0.15) is 17.5 Å². The van der Waals surface area contributed by atoms with Gasteiger partial charge in [-0.15, -0.1) is 0 Å². The topological polar surface area (TPSA) is 57.7 Å². The van der Waals surface area contributed by atoms with Gasteiger partial charge < -0.3 is 0 Å². The van der Waals surface area contributed by atoms with Crippen LogP contribution in [0.5, 0.6) is 0 Å². The van der Waals surface area contributed by atoms with Gasteiger partial charge in [-0.1, -0.05) is 42.2 Å². The van der Waals surface area contributed by atoms with Crippen molar-refractivity contribution < 1.29 is 31.9 Å². The fourth-order valence-electron chi connectivity index (χ4n) is 3.37. The van der Waals surface area contributed by atoms with E-state index < -0.39 is 47.7 Å². The minimum absolute atomic E-state index is 0.0420. The fourth-order valence-corrected chi connectivity index (χ4v) is 4.73. The first kappa shape index (κ1) is 22.2. The van der Waals surface area contributed by atoms with E-state index in [-0.39, 0.29) is 14.9 Å². The van der Waals surface area contributed by atoms with Crippen molar-refractivity contribution in [3.05, 3.63) is 70.4 Å². The lowest BCUT2D eigenvalue weighted by atomic mass is 10.1. The summed E-state index contributed by atoms with van der Waals surface area (Å²) in [5.41, 5.74) is -0.706. The molecule has 164 valence electrons. The van der Waals surface area contributed by atoms with E-state index in [0.717, 1.165) is 28.8 Å². The molecule has 4 rings (SSSR count). The average molecular weight is 480 g/mol. The van der Waals surface area contributed by atoms with E-state index in [4.69, 9.17) is 12.2 Å². The van der Waals surface area contributed by atoms with Gasteiger partial charge in [-0.3, -0.25) is 19.3 Å². The van der Waals surface area contributed by atoms with Gasteiger partial charge in [0.15, 0.2) is 0 Å². The third-order valence-corrected chi connectivity index (χ3v) is 6.19. The minimum Gasteiger partial charge on any atom is -0.280 e. The molecule has 0 aromatic heterocycles. The molecule has 1 unspecified atom stereocenters. The van der Waals surface area contributed by atoms with Crippen LogP contribution in [0.25, 0.3) is 6.08 Å². The SMILES string of the molecule is O=C1CC(N2C(=O)C(=Cc3ccc(F)cc3)SC2=S)C(=O)N1c1cccc(C(F)(F)F)c1. The molecular weight excluding hydrogens is 468 g/mol. The number of rotatable bonds is 3. The minimum atomic E-state index is -4.65. The van der Waals surface area contributed by atoms with Gasteiger partial charge in [0.1, 0.15) is 16.2 Å². The van der Waals surface area contributed by atoms with Crippen LogP contribution in [0.15, 0.2) is 53.4 Å². The molecule has 0 saturated carbocycles. The number of carbonyl (C=O) groups excluding carboxylic acids is 3. The molecule has 3 amide bonds. The predicted molar refractivity (Wildman–Crippen MR) is 114 cm³/mol. The molecule has 0 aliphatic carbocycles. The summed E-state index contributed by atoms with van der Waals surface area (Å²) >= 11 is 6.14. The third-order valence-electron chi connectivity index (χ3n) is 4.86. The lowest BCUT2D eigenvalue weighted by Crippen LogP contribution is -2.44. The first-order valence-corrected chi connectivity index (χ1v) is 10.4. The number of carbonyl (C=O) groups is 3. The molecule has 2 aromatic rings. The number of imide groups is 1. The van der Waals surface area contributed by atoms with E-state index in [2.05, 4.69) is 0 Å². The van der Waals surface area contributed by atoms with Crippen LogP contribution in [0.2, 0.25) is 0 Å². The molecule has 0 bridgehead atoms. The summed E-state index contributed by atoms with van der Waals surface area (Å²) in [5.74, 6) is -2.63. The van der Waals surface area contributed by atoms with Crippen molar-refractivity contribution >= 4 is 57.8 Å².